The Kier molecular flexibility index (Phi) is 5.23. The van der Waals surface area contributed by atoms with E-state index in [2.05, 4.69) is 10.2 Å². The fourth-order valence-electron chi connectivity index (χ4n) is 2.24. The first kappa shape index (κ1) is 18.3. The number of fused-ring (bicyclic) bond motifs is 1. The van der Waals surface area contributed by atoms with Gasteiger partial charge in [0.25, 0.3) is 5.82 Å². The molecule has 3 aromatic rings. The van der Waals surface area contributed by atoms with Gasteiger partial charge in [-0.2, -0.15) is 13.2 Å². The Morgan fingerprint density at radius 2 is 1.88 bits per heavy atom. The standard InChI is InChI=1S/C16H15F3N4O2S/c17-16(18,19)14-21-22-15(23(14)20)26-9-12(24)8-25-13-6-5-10-3-1-2-4-11(10)7-13/h1-7,12,24H,8-9,20H2. The number of rotatable bonds is 6. The average Bonchev–Trinajstić information content (AvgIpc) is 2.99. The summed E-state index contributed by atoms with van der Waals surface area (Å²) in [5.41, 5.74) is 0. The van der Waals surface area contributed by atoms with Gasteiger partial charge < -0.3 is 15.7 Å². The second-order valence-corrected chi connectivity index (χ2v) is 6.45. The number of nitrogen functional groups attached to an aromatic ring is 1. The Morgan fingerprint density at radius 3 is 2.58 bits per heavy atom. The van der Waals surface area contributed by atoms with Gasteiger partial charge in [0.2, 0.25) is 5.16 Å². The predicted molar refractivity (Wildman–Crippen MR) is 91.3 cm³/mol. The average molecular weight is 384 g/mol. The number of aliphatic hydroxyl groups is 1. The van der Waals surface area contributed by atoms with Gasteiger partial charge in [-0.05, 0) is 22.9 Å². The predicted octanol–water partition coefficient (Wildman–Crippen LogP) is 2.70. The van der Waals surface area contributed by atoms with Crippen LogP contribution in [0.5, 0.6) is 5.75 Å². The lowest BCUT2D eigenvalue weighted by molar-refractivity contribution is -0.146. The fourth-order valence-corrected chi connectivity index (χ4v) is 3.00. The van der Waals surface area contributed by atoms with Crippen LogP contribution in [0.1, 0.15) is 5.82 Å². The van der Waals surface area contributed by atoms with Crippen LogP contribution in [-0.2, 0) is 6.18 Å². The number of aliphatic hydroxyl groups excluding tert-OH is 1. The molecule has 0 spiro atoms. The largest absolute Gasteiger partial charge is 0.491 e. The lowest BCUT2D eigenvalue weighted by atomic mass is 10.1. The molecule has 3 rings (SSSR count). The number of thioether (sulfide) groups is 1. The first-order valence-electron chi connectivity index (χ1n) is 7.55. The van der Waals surface area contributed by atoms with E-state index >= 15 is 0 Å². The summed E-state index contributed by atoms with van der Waals surface area (Å²) in [6, 6.07) is 13.3. The number of benzene rings is 2. The van der Waals surface area contributed by atoms with E-state index in [9.17, 15) is 18.3 Å². The zero-order chi connectivity index (χ0) is 18.7. The summed E-state index contributed by atoms with van der Waals surface area (Å²) < 4.78 is 43.7. The fraction of sp³-hybridized carbons (Fsp3) is 0.250. The number of ether oxygens (including phenoxy) is 1. The SMILES string of the molecule is Nn1c(SCC(O)COc2ccc3ccccc3c2)nnc1C(F)(F)F. The van der Waals surface area contributed by atoms with Crippen molar-refractivity contribution in [2.45, 2.75) is 17.4 Å². The van der Waals surface area contributed by atoms with E-state index in [-0.39, 0.29) is 17.5 Å². The van der Waals surface area contributed by atoms with Gasteiger partial charge in [0.15, 0.2) is 0 Å². The highest BCUT2D eigenvalue weighted by atomic mass is 32.2. The van der Waals surface area contributed by atoms with Gasteiger partial charge in [0, 0.05) is 5.75 Å². The van der Waals surface area contributed by atoms with Gasteiger partial charge in [-0.15, -0.1) is 10.2 Å². The zero-order valence-electron chi connectivity index (χ0n) is 13.3. The van der Waals surface area contributed by atoms with Crippen molar-refractivity contribution in [2.24, 2.45) is 0 Å². The number of alkyl halides is 3. The Balaban J connectivity index is 1.54. The first-order chi connectivity index (χ1) is 12.3. The Hall–Kier alpha value is -2.46. The van der Waals surface area contributed by atoms with Crippen LogP contribution in [0.15, 0.2) is 47.6 Å². The maximum Gasteiger partial charge on any atom is 0.453 e. The zero-order valence-corrected chi connectivity index (χ0v) is 14.2. The molecular weight excluding hydrogens is 369 g/mol. The van der Waals surface area contributed by atoms with Crippen LogP contribution >= 0.6 is 11.8 Å². The van der Waals surface area contributed by atoms with Crippen molar-refractivity contribution in [3.8, 4) is 5.75 Å². The van der Waals surface area contributed by atoms with Crippen molar-refractivity contribution in [2.75, 3.05) is 18.2 Å². The van der Waals surface area contributed by atoms with Gasteiger partial charge >= 0.3 is 6.18 Å². The molecular formula is C16H15F3N4O2S. The normalized spacial score (nSPS) is 13.1. The van der Waals surface area contributed by atoms with E-state index in [4.69, 9.17) is 10.6 Å². The monoisotopic (exact) mass is 384 g/mol. The Bertz CT molecular complexity index is 901. The van der Waals surface area contributed by atoms with E-state index in [0.717, 1.165) is 22.5 Å². The third-order valence-corrected chi connectivity index (χ3v) is 4.57. The molecule has 1 unspecified atom stereocenters. The number of halogens is 3. The van der Waals surface area contributed by atoms with E-state index in [1.165, 1.54) is 0 Å². The molecule has 0 saturated carbocycles. The maximum absolute atomic E-state index is 12.6. The van der Waals surface area contributed by atoms with Crippen molar-refractivity contribution in [3.63, 3.8) is 0 Å². The minimum Gasteiger partial charge on any atom is -0.491 e. The molecule has 0 amide bonds. The molecule has 1 heterocycles. The van der Waals surface area contributed by atoms with Crippen LogP contribution in [0.25, 0.3) is 10.8 Å². The summed E-state index contributed by atoms with van der Waals surface area (Å²) in [5.74, 6) is 4.69. The number of nitrogens with zero attached hydrogens (tertiary/aromatic N) is 3. The second kappa shape index (κ2) is 7.42. The summed E-state index contributed by atoms with van der Waals surface area (Å²) in [6.45, 7) is -0.0177. The molecule has 0 aliphatic heterocycles. The third kappa shape index (κ3) is 4.20. The lowest BCUT2D eigenvalue weighted by Gasteiger charge is -2.12. The molecule has 26 heavy (non-hydrogen) atoms. The molecule has 10 heteroatoms. The molecule has 0 aliphatic carbocycles. The van der Waals surface area contributed by atoms with Gasteiger partial charge in [-0.25, -0.2) is 4.68 Å². The molecule has 1 aromatic heterocycles. The third-order valence-electron chi connectivity index (χ3n) is 3.49. The van der Waals surface area contributed by atoms with Gasteiger partial charge in [0.1, 0.15) is 12.4 Å². The minimum atomic E-state index is -4.68. The molecule has 138 valence electrons. The molecule has 2 aromatic carbocycles. The maximum atomic E-state index is 12.6. The van der Waals surface area contributed by atoms with Crippen molar-refractivity contribution in [3.05, 3.63) is 48.3 Å². The first-order valence-corrected chi connectivity index (χ1v) is 8.53. The van der Waals surface area contributed by atoms with Crippen LogP contribution in [-0.4, -0.2) is 38.4 Å². The van der Waals surface area contributed by atoms with Crippen LogP contribution in [0.2, 0.25) is 0 Å². The Labute approximate surface area is 150 Å². The van der Waals surface area contributed by atoms with Crippen molar-refractivity contribution in [1.82, 2.24) is 14.9 Å². The van der Waals surface area contributed by atoms with E-state index in [0.29, 0.717) is 10.4 Å². The highest BCUT2D eigenvalue weighted by molar-refractivity contribution is 7.99. The smallest absolute Gasteiger partial charge is 0.453 e. The highest BCUT2D eigenvalue weighted by Crippen LogP contribution is 2.29. The molecule has 6 nitrogen and oxygen atoms in total. The van der Waals surface area contributed by atoms with Crippen molar-refractivity contribution < 1.29 is 23.0 Å². The minimum absolute atomic E-state index is 0.0177. The van der Waals surface area contributed by atoms with Crippen LogP contribution in [0.3, 0.4) is 0 Å². The quantitative estimate of drug-likeness (QED) is 0.502. The van der Waals surface area contributed by atoms with Crippen LogP contribution < -0.4 is 10.6 Å². The van der Waals surface area contributed by atoms with Crippen LogP contribution in [0, 0.1) is 0 Å². The second-order valence-electron chi connectivity index (χ2n) is 5.46. The molecule has 0 bridgehead atoms. The summed E-state index contributed by atoms with van der Waals surface area (Å²) >= 11 is 0.864. The molecule has 0 radical (unpaired) electrons. The summed E-state index contributed by atoms with van der Waals surface area (Å²) in [4.78, 5) is 0. The summed E-state index contributed by atoms with van der Waals surface area (Å²) in [6.07, 6.45) is -5.60. The van der Waals surface area contributed by atoms with E-state index < -0.39 is 18.1 Å². The number of hydrogen-bond acceptors (Lipinski definition) is 6. The number of aromatic nitrogens is 3. The van der Waals surface area contributed by atoms with Crippen LogP contribution in [0.4, 0.5) is 13.2 Å². The van der Waals surface area contributed by atoms with Gasteiger partial charge in [0.05, 0.1) is 6.10 Å². The summed E-state index contributed by atoms with van der Waals surface area (Å²) in [5, 5.41) is 18.3. The van der Waals surface area contributed by atoms with Crippen molar-refractivity contribution >= 4 is 22.5 Å². The molecule has 0 fully saturated rings. The molecule has 3 N–H and O–H groups in total. The van der Waals surface area contributed by atoms with E-state index in [1.807, 2.05) is 36.4 Å². The number of hydrogen-bond donors (Lipinski definition) is 2. The molecule has 1 atom stereocenters. The van der Waals surface area contributed by atoms with E-state index in [1.54, 1.807) is 6.07 Å². The van der Waals surface area contributed by atoms with Gasteiger partial charge in [-0.3, -0.25) is 0 Å². The Morgan fingerprint density at radius 1 is 1.15 bits per heavy atom. The summed E-state index contributed by atoms with van der Waals surface area (Å²) in [7, 11) is 0. The topological polar surface area (TPSA) is 86.2 Å². The molecule has 0 aliphatic rings. The highest BCUT2D eigenvalue weighted by Gasteiger charge is 2.38. The molecule has 0 saturated heterocycles. The lowest BCUT2D eigenvalue weighted by Crippen LogP contribution is -2.23. The van der Waals surface area contributed by atoms with Gasteiger partial charge in [-0.1, -0.05) is 42.1 Å². The van der Waals surface area contributed by atoms with Crippen molar-refractivity contribution in [1.29, 1.82) is 0 Å². The number of nitrogens with two attached hydrogens (primary N) is 1.